The van der Waals surface area contributed by atoms with Crippen LogP contribution in [0.2, 0.25) is 0 Å². The summed E-state index contributed by atoms with van der Waals surface area (Å²) >= 11 is 0. The van der Waals surface area contributed by atoms with Crippen molar-refractivity contribution in [2.75, 3.05) is 13.2 Å². The van der Waals surface area contributed by atoms with Gasteiger partial charge in [-0.3, -0.25) is 0 Å². The lowest BCUT2D eigenvalue weighted by atomic mass is 9.99. The molecule has 0 unspecified atom stereocenters. The Hall–Kier alpha value is -2.43. The summed E-state index contributed by atoms with van der Waals surface area (Å²) in [5.41, 5.74) is 3.25. The molecule has 0 amide bonds. The van der Waals surface area contributed by atoms with Crippen molar-refractivity contribution in [2.45, 2.75) is 117 Å². The predicted octanol–water partition coefficient (Wildman–Crippen LogP) is 9.37. The second kappa shape index (κ2) is 20.5. The molecule has 0 atom stereocenters. The largest absolute Gasteiger partial charge is 0.457 e. The maximum atomic E-state index is 12.4. The molecule has 0 heterocycles. The van der Waals surface area contributed by atoms with E-state index in [1.165, 1.54) is 55.2 Å². The van der Waals surface area contributed by atoms with Gasteiger partial charge < -0.3 is 14.2 Å². The van der Waals surface area contributed by atoms with E-state index in [9.17, 15) is 4.79 Å². The molecule has 0 fully saturated rings. The first-order valence-electron chi connectivity index (χ1n) is 15.1. The Morgan fingerprint density at radius 2 is 1.03 bits per heavy atom. The molecule has 4 heteroatoms. The summed E-state index contributed by atoms with van der Waals surface area (Å²) < 4.78 is 17.1. The summed E-state index contributed by atoms with van der Waals surface area (Å²) in [4.78, 5) is 12.4. The molecular weight excluding hydrogens is 484 g/mol. The monoisotopic (exact) mass is 536 g/mol. The average Bonchev–Trinajstić information content (AvgIpc) is 2.91. The molecule has 2 aromatic rings. The molecule has 2 rings (SSSR count). The molecule has 0 aliphatic heterocycles. The molecule has 0 saturated carbocycles. The van der Waals surface area contributed by atoms with E-state index < -0.39 is 5.60 Å². The summed E-state index contributed by atoms with van der Waals surface area (Å²) in [5, 5.41) is 0. The van der Waals surface area contributed by atoms with Gasteiger partial charge in [0, 0.05) is 19.3 Å². The molecule has 0 bridgehead atoms. The van der Waals surface area contributed by atoms with E-state index in [-0.39, 0.29) is 5.97 Å². The van der Waals surface area contributed by atoms with Gasteiger partial charge >= 0.3 is 5.97 Å². The zero-order valence-electron chi connectivity index (χ0n) is 24.8. The van der Waals surface area contributed by atoms with Crippen LogP contribution in [0.5, 0.6) is 0 Å². The molecule has 0 aliphatic carbocycles. The third kappa shape index (κ3) is 18.5. The van der Waals surface area contributed by atoms with Crippen molar-refractivity contribution in [3.8, 4) is 0 Å². The maximum Gasteiger partial charge on any atom is 0.331 e. The van der Waals surface area contributed by atoms with Gasteiger partial charge in [-0.05, 0) is 70.4 Å². The van der Waals surface area contributed by atoms with Crippen LogP contribution < -0.4 is 0 Å². The van der Waals surface area contributed by atoms with Gasteiger partial charge in [0.2, 0.25) is 0 Å². The Morgan fingerprint density at radius 3 is 1.46 bits per heavy atom. The Bertz CT molecular complexity index is 840. The molecule has 0 aromatic heterocycles. The Labute approximate surface area is 238 Å². The number of hydrogen-bond acceptors (Lipinski definition) is 4. The number of unbranched alkanes of at least 4 members (excludes halogenated alkanes) is 8. The zero-order chi connectivity index (χ0) is 28.0. The second-order valence-electron chi connectivity index (χ2n) is 11.4. The molecule has 0 aliphatic rings. The predicted molar refractivity (Wildman–Crippen MR) is 162 cm³/mol. The van der Waals surface area contributed by atoms with Crippen LogP contribution >= 0.6 is 0 Å². The molecule has 4 nitrogen and oxygen atoms in total. The van der Waals surface area contributed by atoms with Crippen LogP contribution in [0.3, 0.4) is 0 Å². The van der Waals surface area contributed by atoms with E-state index in [2.05, 4.69) is 48.5 Å². The average molecular weight is 537 g/mol. The topological polar surface area (TPSA) is 44.8 Å². The lowest BCUT2D eigenvalue weighted by Gasteiger charge is -2.18. The first kappa shape index (κ1) is 32.8. The number of allylic oxidation sites excluding steroid dienone is 1. The minimum absolute atomic E-state index is 0.205. The van der Waals surface area contributed by atoms with Gasteiger partial charge in [-0.15, -0.1) is 0 Å². The van der Waals surface area contributed by atoms with E-state index in [1.807, 2.05) is 32.9 Å². The minimum Gasteiger partial charge on any atom is -0.457 e. The van der Waals surface area contributed by atoms with Crippen molar-refractivity contribution >= 4 is 5.97 Å². The number of carbonyl (C=O) groups excluding carboxylic acids is 1. The Kier molecular flexibility index (Phi) is 17.2. The molecule has 0 spiro atoms. The summed E-state index contributed by atoms with van der Waals surface area (Å²) in [7, 11) is 0. The van der Waals surface area contributed by atoms with Gasteiger partial charge in [0.25, 0.3) is 0 Å². The number of ether oxygens (including phenoxy) is 3. The number of benzene rings is 2. The highest BCUT2D eigenvalue weighted by atomic mass is 16.6. The highest BCUT2D eigenvalue weighted by Gasteiger charge is 2.15. The summed E-state index contributed by atoms with van der Waals surface area (Å²) in [5.74, 6) is -0.205. The fraction of sp³-hybridized carbons (Fsp3) is 0.571. The first-order valence-corrected chi connectivity index (χ1v) is 15.1. The van der Waals surface area contributed by atoms with Crippen molar-refractivity contribution in [3.63, 3.8) is 0 Å². The molecule has 0 saturated heterocycles. The summed E-state index contributed by atoms with van der Waals surface area (Å²) in [6.07, 6.45) is 15.4. The Balaban J connectivity index is 1.55. The zero-order valence-corrected chi connectivity index (χ0v) is 24.8. The van der Waals surface area contributed by atoms with Gasteiger partial charge in [0.15, 0.2) is 0 Å². The first-order chi connectivity index (χ1) is 18.9. The summed E-state index contributed by atoms with van der Waals surface area (Å²) in [6, 6.07) is 20.7. The molecular formula is C35H52O4. The van der Waals surface area contributed by atoms with Gasteiger partial charge in [-0.1, -0.05) is 105 Å². The lowest BCUT2D eigenvalue weighted by molar-refractivity contribution is -0.148. The van der Waals surface area contributed by atoms with E-state index in [0.29, 0.717) is 13.2 Å². The molecule has 0 N–H and O–H groups in total. The van der Waals surface area contributed by atoms with E-state index >= 15 is 0 Å². The molecule has 39 heavy (non-hydrogen) atoms. The highest BCUT2D eigenvalue weighted by Crippen LogP contribution is 2.19. The van der Waals surface area contributed by atoms with Crippen LogP contribution in [-0.4, -0.2) is 24.8 Å². The van der Waals surface area contributed by atoms with Gasteiger partial charge in [-0.2, -0.15) is 0 Å². The van der Waals surface area contributed by atoms with Crippen molar-refractivity contribution in [2.24, 2.45) is 0 Å². The standard InChI is InChI=1S/C35H52O4/c1-35(2,3)39-34(36)28-31(20-12-6-4-8-18-26-37-29-32-22-14-10-15-23-32)21-13-7-5-9-19-27-38-30-33-24-16-11-17-25-33/h10-11,14-17,22-25,28H,4-9,12-13,18-21,26-27,29-30H2,1-3H3. The number of carbonyl (C=O) groups is 1. The fourth-order valence-corrected chi connectivity index (χ4v) is 4.47. The van der Waals surface area contributed by atoms with Gasteiger partial charge in [0.1, 0.15) is 5.60 Å². The van der Waals surface area contributed by atoms with Crippen LogP contribution in [0.1, 0.15) is 109 Å². The quantitative estimate of drug-likeness (QED) is 0.0905. The van der Waals surface area contributed by atoms with Crippen LogP contribution in [0.25, 0.3) is 0 Å². The lowest BCUT2D eigenvalue weighted by Crippen LogP contribution is -2.22. The van der Waals surface area contributed by atoms with E-state index in [4.69, 9.17) is 14.2 Å². The van der Waals surface area contributed by atoms with Crippen LogP contribution in [0, 0.1) is 0 Å². The Morgan fingerprint density at radius 1 is 0.615 bits per heavy atom. The molecule has 2 aromatic carbocycles. The van der Waals surface area contributed by atoms with Gasteiger partial charge in [0.05, 0.1) is 13.2 Å². The number of rotatable bonds is 21. The maximum absolute atomic E-state index is 12.4. The van der Waals surface area contributed by atoms with Crippen molar-refractivity contribution < 1.29 is 19.0 Å². The third-order valence-corrected chi connectivity index (χ3v) is 6.52. The smallest absolute Gasteiger partial charge is 0.331 e. The highest BCUT2D eigenvalue weighted by molar-refractivity contribution is 5.83. The van der Waals surface area contributed by atoms with Crippen LogP contribution in [-0.2, 0) is 32.2 Å². The van der Waals surface area contributed by atoms with Gasteiger partial charge in [-0.25, -0.2) is 4.79 Å². The SMILES string of the molecule is CC(C)(C)OC(=O)C=C(CCCCCCCOCc1ccccc1)CCCCCCCOCc1ccccc1. The van der Waals surface area contributed by atoms with E-state index in [1.54, 1.807) is 6.08 Å². The van der Waals surface area contributed by atoms with Crippen molar-refractivity contribution in [3.05, 3.63) is 83.4 Å². The fourth-order valence-electron chi connectivity index (χ4n) is 4.47. The van der Waals surface area contributed by atoms with Crippen LogP contribution in [0.4, 0.5) is 0 Å². The number of hydrogen-bond donors (Lipinski definition) is 0. The summed E-state index contributed by atoms with van der Waals surface area (Å²) in [6.45, 7) is 8.79. The third-order valence-electron chi connectivity index (χ3n) is 6.52. The molecule has 216 valence electrons. The van der Waals surface area contributed by atoms with Crippen molar-refractivity contribution in [1.29, 1.82) is 0 Å². The number of esters is 1. The van der Waals surface area contributed by atoms with Crippen molar-refractivity contribution in [1.82, 2.24) is 0 Å². The normalized spacial score (nSPS) is 11.4. The van der Waals surface area contributed by atoms with Crippen LogP contribution in [0.15, 0.2) is 72.3 Å². The minimum atomic E-state index is -0.455. The molecule has 0 radical (unpaired) electrons. The second-order valence-corrected chi connectivity index (χ2v) is 11.4. The van der Waals surface area contributed by atoms with E-state index in [0.717, 1.165) is 51.7 Å².